The molecule has 4 aromatic rings. The maximum atomic E-state index is 11.4. The van der Waals surface area contributed by atoms with Crippen molar-refractivity contribution in [2.75, 3.05) is 0 Å². The molecule has 0 saturated heterocycles. The van der Waals surface area contributed by atoms with Crippen molar-refractivity contribution in [1.29, 1.82) is 0 Å². The van der Waals surface area contributed by atoms with Gasteiger partial charge in [0.15, 0.2) is 0 Å². The highest BCUT2D eigenvalue weighted by Crippen LogP contribution is 2.40. The lowest BCUT2D eigenvalue weighted by atomic mass is 9.85. The number of nitrogens with zero attached hydrogens (tertiary/aromatic N) is 4. The highest BCUT2D eigenvalue weighted by atomic mass is 32.2. The molecule has 14 heteroatoms. The van der Waals surface area contributed by atoms with E-state index in [1.165, 1.54) is 24.3 Å². The Morgan fingerprint density at radius 2 is 0.960 bits per heavy atom. The Labute approximate surface area is 294 Å². The SMILES string of the molecule is Cc1cc(N=Nc2ccc(C)c(S(=O)(=O)O)c2)c(O)c(C(C)(C)C)c1.Cc1ccc(N=Nc2cc(C(C)(C)C)cc(C)c2O)cc1S(=O)(=O)O. The zero-order chi connectivity index (χ0) is 38.0. The number of aryl methyl sites for hydroxylation is 4. The fraction of sp³-hybridized carbons (Fsp3) is 0.333. The topological polar surface area (TPSA) is 199 Å². The molecule has 268 valence electrons. The van der Waals surface area contributed by atoms with Crippen LogP contribution in [0.1, 0.15) is 74.9 Å². The predicted molar refractivity (Wildman–Crippen MR) is 193 cm³/mol. The summed E-state index contributed by atoms with van der Waals surface area (Å²) in [5.74, 6) is 0.0721. The quantitative estimate of drug-likeness (QED) is 0.111. The lowest BCUT2D eigenvalue weighted by Crippen LogP contribution is -2.11. The van der Waals surface area contributed by atoms with Crippen LogP contribution in [0.3, 0.4) is 0 Å². The third kappa shape index (κ3) is 10.3. The Morgan fingerprint density at radius 1 is 0.520 bits per heavy atom. The second-order valence-electron chi connectivity index (χ2n) is 14.1. The molecule has 0 aromatic heterocycles. The minimum atomic E-state index is -4.33. The largest absolute Gasteiger partial charge is 0.505 e. The molecule has 12 nitrogen and oxygen atoms in total. The number of benzene rings is 4. The normalized spacial score (nSPS) is 12.7. The lowest BCUT2D eigenvalue weighted by molar-refractivity contribution is 0.447. The van der Waals surface area contributed by atoms with Crippen molar-refractivity contribution in [3.63, 3.8) is 0 Å². The first kappa shape index (κ1) is 39.9. The molecule has 0 aliphatic carbocycles. The van der Waals surface area contributed by atoms with E-state index < -0.39 is 20.2 Å². The van der Waals surface area contributed by atoms with Gasteiger partial charge in [-0.05, 0) is 103 Å². The van der Waals surface area contributed by atoms with Gasteiger partial charge in [-0.25, -0.2) is 0 Å². The standard InChI is InChI=1S/2C18H22N2O4S/c1-11-8-14(18(3,4)5)17(21)15(9-11)20-19-13-7-6-12(2)16(10-13)25(22,23)24;1-11-6-7-14(10-16(11)25(22,23)24)19-20-15-9-13(18(3,4)5)8-12(2)17(15)21/h2*6-10,21H,1-5H3,(H,22,23,24). The van der Waals surface area contributed by atoms with Gasteiger partial charge in [-0.15, -0.1) is 10.2 Å². The molecule has 0 spiro atoms. The van der Waals surface area contributed by atoms with E-state index in [2.05, 4.69) is 41.2 Å². The minimum absolute atomic E-state index is 0.0267. The van der Waals surface area contributed by atoms with Crippen molar-refractivity contribution < 1.29 is 36.2 Å². The Hall–Kier alpha value is -4.50. The molecule has 0 bridgehead atoms. The molecule has 0 amide bonds. The molecule has 50 heavy (non-hydrogen) atoms. The van der Waals surface area contributed by atoms with Gasteiger partial charge >= 0.3 is 0 Å². The summed E-state index contributed by atoms with van der Waals surface area (Å²) in [5, 5.41) is 36.8. The molecule has 4 rings (SSSR count). The van der Waals surface area contributed by atoms with Gasteiger partial charge in [0, 0.05) is 5.56 Å². The Morgan fingerprint density at radius 3 is 1.36 bits per heavy atom. The zero-order valence-corrected chi connectivity index (χ0v) is 31.4. The van der Waals surface area contributed by atoms with E-state index in [1.807, 2.05) is 39.8 Å². The number of rotatable bonds is 6. The molecule has 0 heterocycles. The number of aromatic hydroxyl groups is 2. The van der Waals surface area contributed by atoms with Gasteiger partial charge in [0.2, 0.25) is 0 Å². The van der Waals surface area contributed by atoms with Gasteiger partial charge in [0.05, 0.1) is 21.2 Å². The first-order valence-corrected chi connectivity index (χ1v) is 18.3. The molecule has 0 fully saturated rings. The van der Waals surface area contributed by atoms with Crippen molar-refractivity contribution in [2.24, 2.45) is 20.5 Å². The van der Waals surface area contributed by atoms with Gasteiger partial charge in [0.25, 0.3) is 20.2 Å². The van der Waals surface area contributed by atoms with Gasteiger partial charge in [-0.1, -0.05) is 65.8 Å². The van der Waals surface area contributed by atoms with Crippen LogP contribution in [0.4, 0.5) is 22.7 Å². The fourth-order valence-corrected chi connectivity index (χ4v) is 6.25. The van der Waals surface area contributed by atoms with Crippen LogP contribution in [0.25, 0.3) is 0 Å². The number of hydrogen-bond acceptors (Lipinski definition) is 10. The fourth-order valence-electron chi connectivity index (χ4n) is 4.76. The van der Waals surface area contributed by atoms with E-state index >= 15 is 0 Å². The molecular weight excluding hydrogens is 681 g/mol. The highest BCUT2D eigenvalue weighted by molar-refractivity contribution is 7.86. The summed E-state index contributed by atoms with van der Waals surface area (Å²) < 4.78 is 64.0. The summed E-state index contributed by atoms with van der Waals surface area (Å²) in [5.41, 5.74) is 4.94. The van der Waals surface area contributed by atoms with E-state index in [0.29, 0.717) is 28.1 Å². The van der Waals surface area contributed by atoms with E-state index in [-0.39, 0.29) is 43.5 Å². The van der Waals surface area contributed by atoms with Crippen molar-refractivity contribution in [3.05, 3.63) is 94.0 Å². The van der Waals surface area contributed by atoms with Crippen molar-refractivity contribution in [3.8, 4) is 11.5 Å². The maximum Gasteiger partial charge on any atom is 0.294 e. The van der Waals surface area contributed by atoms with Gasteiger partial charge in [0.1, 0.15) is 22.9 Å². The van der Waals surface area contributed by atoms with Crippen LogP contribution in [-0.2, 0) is 31.1 Å². The average molecular weight is 725 g/mol. The summed E-state index contributed by atoms with van der Waals surface area (Å²) in [6.45, 7) is 19.0. The minimum Gasteiger partial charge on any atom is -0.505 e. The summed E-state index contributed by atoms with van der Waals surface area (Å²) >= 11 is 0. The van der Waals surface area contributed by atoms with Crippen molar-refractivity contribution in [2.45, 2.75) is 89.9 Å². The smallest absolute Gasteiger partial charge is 0.294 e. The van der Waals surface area contributed by atoms with Crippen LogP contribution in [0.5, 0.6) is 11.5 Å². The summed E-state index contributed by atoms with van der Waals surface area (Å²) in [6.07, 6.45) is 0. The molecule has 0 radical (unpaired) electrons. The Balaban J connectivity index is 0.000000270. The van der Waals surface area contributed by atoms with Crippen LogP contribution in [0.2, 0.25) is 0 Å². The number of phenols is 2. The zero-order valence-electron chi connectivity index (χ0n) is 29.8. The first-order valence-electron chi connectivity index (χ1n) is 15.5. The van der Waals surface area contributed by atoms with Crippen molar-refractivity contribution in [1.82, 2.24) is 0 Å². The van der Waals surface area contributed by atoms with Gasteiger partial charge < -0.3 is 10.2 Å². The molecule has 0 aliphatic heterocycles. The molecular formula is C36H44N4O8S2. The van der Waals surface area contributed by atoms with E-state index in [9.17, 15) is 36.2 Å². The van der Waals surface area contributed by atoms with Crippen LogP contribution in [0, 0.1) is 27.7 Å². The lowest BCUT2D eigenvalue weighted by Gasteiger charge is -2.21. The molecule has 4 aromatic carbocycles. The van der Waals surface area contributed by atoms with Crippen LogP contribution in [-0.4, -0.2) is 36.2 Å². The second-order valence-corrected chi connectivity index (χ2v) is 16.9. The van der Waals surface area contributed by atoms with Crippen LogP contribution < -0.4 is 0 Å². The molecule has 4 N–H and O–H groups in total. The third-order valence-electron chi connectivity index (χ3n) is 7.63. The van der Waals surface area contributed by atoms with E-state index in [4.69, 9.17) is 0 Å². The number of azo groups is 2. The van der Waals surface area contributed by atoms with E-state index in [1.54, 1.807) is 45.0 Å². The summed E-state index contributed by atoms with van der Waals surface area (Å²) in [6, 6.07) is 16.0. The number of hydrogen-bond donors (Lipinski definition) is 4. The van der Waals surface area contributed by atoms with Crippen LogP contribution >= 0.6 is 0 Å². The molecule has 0 atom stereocenters. The maximum absolute atomic E-state index is 11.4. The molecule has 0 saturated carbocycles. The van der Waals surface area contributed by atoms with Crippen LogP contribution in [0.15, 0.2) is 90.9 Å². The highest BCUT2D eigenvalue weighted by Gasteiger charge is 2.21. The van der Waals surface area contributed by atoms with Gasteiger partial charge in [-0.3, -0.25) is 9.11 Å². The summed E-state index contributed by atoms with van der Waals surface area (Å²) in [7, 11) is -8.66. The Bertz CT molecular complexity index is 2110. The number of phenolic OH excluding ortho intramolecular Hbond substituents is 2. The third-order valence-corrected chi connectivity index (χ3v) is 9.63. The van der Waals surface area contributed by atoms with E-state index in [0.717, 1.165) is 16.7 Å². The first-order chi connectivity index (χ1) is 22.8. The Kier molecular flexibility index (Phi) is 11.8. The van der Waals surface area contributed by atoms with Crippen molar-refractivity contribution >= 4 is 43.0 Å². The summed E-state index contributed by atoms with van der Waals surface area (Å²) in [4.78, 5) is -0.430. The average Bonchev–Trinajstić information content (AvgIpc) is 2.97. The monoisotopic (exact) mass is 724 g/mol. The predicted octanol–water partition coefficient (Wildman–Crippen LogP) is 9.94. The van der Waals surface area contributed by atoms with Gasteiger partial charge in [-0.2, -0.15) is 27.1 Å². The molecule has 0 unspecified atom stereocenters. The molecule has 0 aliphatic rings. The second kappa shape index (κ2) is 14.8.